The van der Waals surface area contributed by atoms with E-state index in [1.165, 1.54) is 81.9 Å². The molecule has 1 saturated heterocycles. The van der Waals surface area contributed by atoms with Gasteiger partial charge in [-0.2, -0.15) is 0 Å². The zero-order valence-electron chi connectivity index (χ0n) is 61.6. The van der Waals surface area contributed by atoms with Crippen molar-refractivity contribution < 1.29 is 39.0 Å². The van der Waals surface area contributed by atoms with Crippen molar-refractivity contribution in [3.05, 3.63) is 464 Å². The van der Waals surface area contributed by atoms with E-state index in [-0.39, 0.29) is 44.7 Å². The first-order chi connectivity index (χ1) is 54.4. The smallest absolute Gasteiger partial charge is 0.258 e. The van der Waals surface area contributed by atoms with Crippen LogP contribution >= 0.6 is 31.7 Å². The third kappa shape index (κ3) is 23.5. The third-order valence-corrected chi connectivity index (χ3v) is 29.5. The number of hydrogen-bond acceptors (Lipinski definition) is 5. The molecule has 0 spiro atoms. The van der Waals surface area contributed by atoms with Gasteiger partial charge in [-0.05, 0) is 212 Å². The van der Waals surface area contributed by atoms with Crippen molar-refractivity contribution in [1.82, 2.24) is 9.55 Å². The molecule has 17 rings (SSSR count). The molecule has 1 atom stereocenters. The number of halogens is 1. The normalized spacial score (nSPS) is 12.1. The molecule has 3 heterocycles. The van der Waals surface area contributed by atoms with Crippen LogP contribution in [0.2, 0.25) is 0 Å². The monoisotopic (exact) mass is 1620 g/mol. The molecule has 1 fully saturated rings. The Balaban J connectivity index is 0.000000132. The molecule has 1 aliphatic rings. The number of hydrogen-bond donors (Lipinski definition) is 0. The molecule has 111 heavy (non-hydrogen) atoms. The van der Waals surface area contributed by atoms with E-state index in [4.69, 9.17) is 14.2 Å². The van der Waals surface area contributed by atoms with Gasteiger partial charge in [0.25, 0.3) is 5.56 Å². The largest absolute Gasteiger partial charge is 0.489 e. The number of fused-ring (bicyclic) bond motifs is 1. The molecular formula is C99H89FN2O4P4Pd+4. The maximum Gasteiger partial charge on any atom is 0.258 e. The summed E-state index contributed by atoms with van der Waals surface area (Å²) in [5, 5.41) is 18.2. The molecule has 1 aliphatic heterocycles. The van der Waals surface area contributed by atoms with E-state index in [9.17, 15) is 9.18 Å². The van der Waals surface area contributed by atoms with Gasteiger partial charge >= 0.3 is 0 Å². The van der Waals surface area contributed by atoms with Crippen LogP contribution in [0, 0.1) is 5.82 Å². The summed E-state index contributed by atoms with van der Waals surface area (Å²) in [4.78, 5) is 17.3. The van der Waals surface area contributed by atoms with E-state index in [1.54, 1.807) is 35.2 Å². The molecule has 0 aliphatic carbocycles. The van der Waals surface area contributed by atoms with Crippen LogP contribution < -0.4 is 74.0 Å². The summed E-state index contributed by atoms with van der Waals surface area (Å²) < 4.78 is 31.7. The van der Waals surface area contributed by atoms with Crippen molar-refractivity contribution in [2.24, 2.45) is 0 Å². The van der Waals surface area contributed by atoms with Crippen LogP contribution in [0.5, 0.6) is 5.75 Å². The molecule has 2 aromatic heterocycles. The fourth-order valence-corrected chi connectivity index (χ4v) is 23.5. The van der Waals surface area contributed by atoms with Crippen molar-refractivity contribution in [2.75, 3.05) is 6.61 Å². The van der Waals surface area contributed by atoms with E-state index in [0.717, 1.165) is 53.6 Å². The van der Waals surface area contributed by atoms with Gasteiger partial charge in [0.15, 0.2) is 6.29 Å². The zero-order valence-corrected chi connectivity index (χ0v) is 67.2. The van der Waals surface area contributed by atoms with E-state index in [0.29, 0.717) is 12.4 Å². The van der Waals surface area contributed by atoms with E-state index < -0.39 is 31.7 Å². The Morgan fingerprint density at radius 2 is 0.667 bits per heavy atom. The van der Waals surface area contributed by atoms with Crippen LogP contribution in [-0.2, 0) is 43.1 Å². The molecule has 0 N–H and O–H groups in total. The Labute approximate surface area is 671 Å². The number of benzene rings is 14. The first-order valence-corrected chi connectivity index (χ1v) is 43.3. The number of pyridine rings is 2. The van der Waals surface area contributed by atoms with Gasteiger partial charge in [0.05, 0.1) is 49.5 Å². The minimum Gasteiger partial charge on any atom is -0.489 e. The zero-order chi connectivity index (χ0) is 75.0. The van der Waals surface area contributed by atoms with Crippen LogP contribution in [-0.4, -0.2) is 22.4 Å². The van der Waals surface area contributed by atoms with Crippen LogP contribution in [0.1, 0.15) is 30.4 Å². The number of nitrogens with zero attached hydrogens (tertiary/aromatic N) is 2. The Bertz CT molecular complexity index is 4530. The molecular weight excluding hydrogens is 1530 g/mol. The minimum atomic E-state index is -0.877. The van der Waals surface area contributed by atoms with Crippen molar-refractivity contribution >= 4 is 106 Å². The summed E-state index contributed by atoms with van der Waals surface area (Å²) in [7, 11) is -3.51. The second-order valence-electron chi connectivity index (χ2n) is 26.2. The number of aromatic nitrogens is 2. The molecule has 0 saturated carbocycles. The maximum absolute atomic E-state index is 13.0. The summed E-state index contributed by atoms with van der Waals surface area (Å²) in [6, 6.07) is 147. The van der Waals surface area contributed by atoms with Gasteiger partial charge < -0.3 is 14.2 Å². The Hall–Kier alpha value is -10.5. The van der Waals surface area contributed by atoms with E-state index in [1.807, 2.05) is 24.3 Å². The topological polar surface area (TPSA) is 62.6 Å². The quantitative estimate of drug-likeness (QED) is 0.0596. The van der Waals surface area contributed by atoms with Crippen LogP contribution in [0.3, 0.4) is 0 Å². The summed E-state index contributed by atoms with van der Waals surface area (Å²) in [6.45, 7) is 1.46. The predicted molar refractivity (Wildman–Crippen MR) is 473 cm³/mol. The average Bonchev–Trinajstić information content (AvgIpc) is 0.784. The van der Waals surface area contributed by atoms with Crippen molar-refractivity contribution in [1.29, 1.82) is 0 Å². The second-order valence-corrected chi connectivity index (χ2v) is 36.1. The van der Waals surface area contributed by atoms with Crippen molar-refractivity contribution in [3.63, 3.8) is 0 Å². The van der Waals surface area contributed by atoms with Gasteiger partial charge in [0.2, 0.25) is 0 Å². The molecule has 0 bridgehead atoms. The average molecular weight is 1620 g/mol. The van der Waals surface area contributed by atoms with Gasteiger partial charge in [-0.25, -0.2) is 4.39 Å². The molecule has 552 valence electrons. The van der Waals surface area contributed by atoms with Gasteiger partial charge in [-0.3, -0.25) is 14.3 Å². The molecule has 0 amide bonds. The van der Waals surface area contributed by atoms with E-state index in [2.05, 4.69) is 369 Å². The SMILES string of the molecule is O=c1cc(OCc2ccc(F)cc2)ccn1-c1ccc2cc(COC3CCCCO3)cnc2c1.[Pd].c1ccc([PH+](c2ccccc2)c2ccccc2)cc1.c1ccc([PH+](c2ccccc2)c2ccccc2)cc1.c1ccc([PH+](c2ccccc2)c2ccccc2)cc1.c1ccc([PH+](c2ccccc2)c2ccccc2)cc1. The molecule has 1 unspecified atom stereocenters. The maximum atomic E-state index is 13.0. The molecule has 14 aromatic carbocycles. The summed E-state index contributed by atoms with van der Waals surface area (Å²) in [5.74, 6) is 0.158. The predicted octanol–water partition coefficient (Wildman–Crippen LogP) is 17.9. The first-order valence-electron chi connectivity index (χ1n) is 37.3. The number of rotatable bonds is 19. The van der Waals surface area contributed by atoms with Crippen molar-refractivity contribution in [3.8, 4) is 11.4 Å². The number of ether oxygens (including phenoxy) is 3. The third-order valence-electron chi connectivity index (χ3n) is 18.5. The standard InChI is InChI=1S/C27H25FN2O4.4C18H15P.Pd/c28-22-7-4-19(5-8-22)17-33-24-10-11-30(26(31)15-24)23-9-6-21-13-20(16-29-25(21)14-23)18-34-27-3-1-2-12-32-27;4*1-4-10-16(11-5-1)19(17-12-6-2-7-13-17)18-14-8-3-9-15-18;/h4-11,13-16,27H,1-3,12,17-18H2;4*1-15H;/p+4. The van der Waals surface area contributed by atoms with Crippen LogP contribution in [0.4, 0.5) is 4.39 Å². The van der Waals surface area contributed by atoms with Crippen LogP contribution in [0.25, 0.3) is 16.6 Å². The molecule has 0 radical (unpaired) electrons. The van der Waals surface area contributed by atoms with Crippen LogP contribution in [0.15, 0.2) is 442 Å². The summed E-state index contributed by atoms with van der Waals surface area (Å²) in [5.41, 5.74) is 3.10. The Morgan fingerprint density at radius 1 is 0.351 bits per heavy atom. The molecule has 16 aromatic rings. The Kier molecular flexibility index (Phi) is 31.1. The first kappa shape index (κ1) is 80.0. The second kappa shape index (κ2) is 43.2. The van der Waals surface area contributed by atoms with Crippen molar-refractivity contribution in [2.45, 2.75) is 38.8 Å². The minimum absolute atomic E-state index is 0. The summed E-state index contributed by atoms with van der Waals surface area (Å²) in [6.07, 6.45) is 6.48. The van der Waals surface area contributed by atoms with E-state index >= 15 is 0 Å². The van der Waals surface area contributed by atoms with Gasteiger partial charge in [-0.1, -0.05) is 237 Å². The fraction of sp³-hybridized carbons (Fsp3) is 0.0707. The molecule has 12 heteroatoms. The summed E-state index contributed by atoms with van der Waals surface area (Å²) >= 11 is 0. The molecule has 6 nitrogen and oxygen atoms in total. The van der Waals surface area contributed by atoms with Gasteiger partial charge in [0, 0.05) is 50.9 Å². The fourth-order valence-electron chi connectivity index (χ4n) is 13.2. The van der Waals surface area contributed by atoms with Gasteiger partial charge in [0.1, 0.15) is 81.8 Å². The van der Waals surface area contributed by atoms with Gasteiger partial charge in [-0.15, -0.1) is 0 Å². The Morgan fingerprint density at radius 3 is 0.955 bits per heavy atom.